The van der Waals surface area contributed by atoms with Gasteiger partial charge in [0.25, 0.3) is 0 Å². The molecule has 0 heterocycles. The van der Waals surface area contributed by atoms with E-state index >= 15 is 0 Å². The van der Waals surface area contributed by atoms with Gasteiger partial charge < -0.3 is 14.5 Å². The van der Waals surface area contributed by atoms with Crippen LogP contribution in [0.3, 0.4) is 0 Å². The Bertz CT molecular complexity index is 632. The first-order valence-corrected chi connectivity index (χ1v) is 12.0. The molecule has 0 bridgehead atoms. The summed E-state index contributed by atoms with van der Waals surface area (Å²) in [7, 11) is 0. The van der Waals surface area contributed by atoms with Crippen molar-refractivity contribution in [1.82, 2.24) is 0 Å². The van der Waals surface area contributed by atoms with Gasteiger partial charge in [-0.05, 0) is 69.5 Å². The molecule has 0 aliphatic heterocycles. The van der Waals surface area contributed by atoms with Crippen LogP contribution < -0.4 is 9.80 Å². The van der Waals surface area contributed by atoms with E-state index in [1.54, 1.807) is 0 Å². The zero-order valence-electron chi connectivity index (χ0n) is 19.9. The van der Waals surface area contributed by atoms with Gasteiger partial charge in [0.05, 0.1) is 0 Å². The predicted octanol–water partition coefficient (Wildman–Crippen LogP) is 7.07. The second kappa shape index (κ2) is 13.3. The van der Waals surface area contributed by atoms with E-state index < -0.39 is 0 Å². The number of rotatable bonds is 14. The Balaban J connectivity index is 2.21. The number of hydrogen-bond acceptors (Lipinski definition) is 3. The van der Waals surface area contributed by atoms with E-state index in [9.17, 15) is 0 Å². The van der Waals surface area contributed by atoms with E-state index in [-0.39, 0.29) is 6.10 Å². The molecule has 2 aromatic carbocycles. The fraction of sp³-hybridized carbons (Fsp3) is 0.556. The largest absolute Gasteiger partial charge is 0.372 e. The summed E-state index contributed by atoms with van der Waals surface area (Å²) in [4.78, 5) is 4.76. The summed E-state index contributed by atoms with van der Waals surface area (Å²) in [6.07, 6.45) is 4.89. The zero-order valence-corrected chi connectivity index (χ0v) is 19.9. The summed E-state index contributed by atoms with van der Waals surface area (Å²) in [6.45, 7) is 16.0. The van der Waals surface area contributed by atoms with E-state index in [0.717, 1.165) is 39.2 Å². The van der Waals surface area contributed by atoms with Gasteiger partial charge in [-0.25, -0.2) is 0 Å². The lowest BCUT2D eigenvalue weighted by Gasteiger charge is -2.24. The van der Waals surface area contributed by atoms with E-state index in [0.29, 0.717) is 0 Å². The summed E-state index contributed by atoms with van der Waals surface area (Å²) in [5.41, 5.74) is 5.03. The van der Waals surface area contributed by atoms with E-state index in [4.69, 9.17) is 4.74 Å². The van der Waals surface area contributed by atoms with Gasteiger partial charge in [0, 0.05) is 44.2 Å². The third-order valence-corrected chi connectivity index (χ3v) is 5.93. The molecular weight excluding hydrogens is 368 g/mol. The highest BCUT2D eigenvalue weighted by Crippen LogP contribution is 2.30. The SMILES string of the molecule is CCCCCCOC(c1ccc(N(CC)CC)cc1)c1ccc(N(CC)CC)cc1. The second-order valence-corrected chi connectivity index (χ2v) is 7.84. The minimum Gasteiger partial charge on any atom is -0.372 e. The average molecular weight is 411 g/mol. The maximum absolute atomic E-state index is 6.44. The van der Waals surface area contributed by atoms with Crippen LogP contribution in [0.5, 0.6) is 0 Å². The lowest BCUT2D eigenvalue weighted by atomic mass is 10.00. The van der Waals surface area contributed by atoms with Crippen LogP contribution in [0.2, 0.25) is 0 Å². The standard InChI is InChI=1S/C27H42N2O/c1-6-11-12-13-22-30-27(23-14-18-25(19-15-23)28(7-2)8-3)24-16-20-26(21-17-24)29(9-4)10-5/h14-21,27H,6-13,22H2,1-5H3. The Labute approximate surface area is 185 Å². The van der Waals surface area contributed by atoms with Crippen molar-refractivity contribution in [3.63, 3.8) is 0 Å². The molecule has 0 aromatic heterocycles. The van der Waals surface area contributed by atoms with Gasteiger partial charge in [0.15, 0.2) is 0 Å². The van der Waals surface area contributed by atoms with Crippen LogP contribution in [-0.2, 0) is 4.74 Å². The topological polar surface area (TPSA) is 15.7 Å². The minimum absolute atomic E-state index is 0.0110. The van der Waals surface area contributed by atoms with Crippen molar-refractivity contribution in [2.75, 3.05) is 42.6 Å². The summed E-state index contributed by atoms with van der Waals surface area (Å²) in [5, 5.41) is 0. The van der Waals surface area contributed by atoms with E-state index in [1.807, 2.05) is 0 Å². The summed E-state index contributed by atoms with van der Waals surface area (Å²) < 4.78 is 6.44. The Hall–Kier alpha value is -2.00. The number of benzene rings is 2. The molecule has 0 radical (unpaired) electrons. The molecule has 166 valence electrons. The highest BCUT2D eigenvalue weighted by molar-refractivity contribution is 5.51. The van der Waals surface area contributed by atoms with Crippen molar-refractivity contribution in [2.45, 2.75) is 66.4 Å². The molecule has 0 fully saturated rings. The quantitative estimate of drug-likeness (QED) is 0.310. The molecule has 0 unspecified atom stereocenters. The number of unbranched alkanes of at least 4 members (excludes halogenated alkanes) is 3. The summed E-state index contributed by atoms with van der Waals surface area (Å²) in [6, 6.07) is 17.9. The Morgan fingerprint density at radius 3 is 1.40 bits per heavy atom. The summed E-state index contributed by atoms with van der Waals surface area (Å²) in [5.74, 6) is 0. The van der Waals surface area contributed by atoms with Gasteiger partial charge in [0.1, 0.15) is 6.10 Å². The zero-order chi connectivity index (χ0) is 21.8. The van der Waals surface area contributed by atoms with E-state index in [2.05, 4.69) is 92.9 Å². The maximum Gasteiger partial charge on any atom is 0.108 e. The lowest BCUT2D eigenvalue weighted by Crippen LogP contribution is -2.22. The number of hydrogen-bond donors (Lipinski definition) is 0. The molecule has 0 saturated carbocycles. The van der Waals surface area contributed by atoms with Crippen molar-refractivity contribution in [3.05, 3.63) is 59.7 Å². The van der Waals surface area contributed by atoms with Gasteiger partial charge in [0.2, 0.25) is 0 Å². The molecule has 0 aliphatic rings. The van der Waals surface area contributed by atoms with Gasteiger partial charge in [-0.2, -0.15) is 0 Å². The van der Waals surface area contributed by atoms with Gasteiger partial charge >= 0.3 is 0 Å². The third kappa shape index (κ3) is 6.77. The van der Waals surface area contributed by atoms with Crippen molar-refractivity contribution in [2.24, 2.45) is 0 Å². The third-order valence-electron chi connectivity index (χ3n) is 5.93. The van der Waals surface area contributed by atoms with Gasteiger partial charge in [-0.1, -0.05) is 50.5 Å². The van der Waals surface area contributed by atoms with Crippen molar-refractivity contribution in [3.8, 4) is 0 Å². The molecule has 0 aliphatic carbocycles. The van der Waals surface area contributed by atoms with Crippen molar-refractivity contribution in [1.29, 1.82) is 0 Å². The summed E-state index contributed by atoms with van der Waals surface area (Å²) >= 11 is 0. The highest BCUT2D eigenvalue weighted by atomic mass is 16.5. The molecule has 0 saturated heterocycles. The monoisotopic (exact) mass is 410 g/mol. The second-order valence-electron chi connectivity index (χ2n) is 7.84. The lowest BCUT2D eigenvalue weighted by molar-refractivity contribution is 0.0769. The van der Waals surface area contributed by atoms with E-state index in [1.165, 1.54) is 41.8 Å². The molecule has 3 heteroatoms. The maximum atomic E-state index is 6.44. The molecule has 2 aromatic rings. The van der Waals surface area contributed by atoms with Crippen LogP contribution in [0, 0.1) is 0 Å². The normalized spacial score (nSPS) is 11.1. The first kappa shape index (κ1) is 24.3. The van der Waals surface area contributed by atoms with Crippen LogP contribution in [0.4, 0.5) is 11.4 Å². The minimum atomic E-state index is -0.0110. The number of anilines is 2. The molecule has 0 atom stereocenters. The first-order valence-electron chi connectivity index (χ1n) is 12.0. The van der Waals surface area contributed by atoms with Gasteiger partial charge in [-0.3, -0.25) is 0 Å². The molecule has 30 heavy (non-hydrogen) atoms. The van der Waals surface area contributed by atoms with Crippen LogP contribution in [0.25, 0.3) is 0 Å². The van der Waals surface area contributed by atoms with Crippen LogP contribution in [0.1, 0.15) is 77.5 Å². The molecular formula is C27H42N2O. The Kier molecular flexibility index (Phi) is 10.8. The van der Waals surface area contributed by atoms with Crippen LogP contribution in [0.15, 0.2) is 48.5 Å². The molecule has 0 spiro atoms. The van der Waals surface area contributed by atoms with Gasteiger partial charge in [-0.15, -0.1) is 0 Å². The Morgan fingerprint density at radius 1 is 0.600 bits per heavy atom. The predicted molar refractivity (Wildman–Crippen MR) is 132 cm³/mol. The first-order chi connectivity index (χ1) is 14.7. The smallest absolute Gasteiger partial charge is 0.108 e. The fourth-order valence-corrected chi connectivity index (χ4v) is 4.01. The molecule has 0 amide bonds. The molecule has 3 nitrogen and oxygen atoms in total. The fourth-order valence-electron chi connectivity index (χ4n) is 4.01. The molecule has 2 rings (SSSR count). The Morgan fingerprint density at radius 2 is 1.03 bits per heavy atom. The van der Waals surface area contributed by atoms with Crippen LogP contribution >= 0.6 is 0 Å². The van der Waals surface area contributed by atoms with Crippen molar-refractivity contribution >= 4 is 11.4 Å². The van der Waals surface area contributed by atoms with Crippen LogP contribution in [-0.4, -0.2) is 32.8 Å². The van der Waals surface area contributed by atoms with Crippen molar-refractivity contribution < 1.29 is 4.74 Å². The highest BCUT2D eigenvalue weighted by Gasteiger charge is 2.16. The average Bonchev–Trinajstić information content (AvgIpc) is 2.79. The number of ether oxygens (including phenoxy) is 1. The number of nitrogens with zero attached hydrogens (tertiary/aromatic N) is 2. The molecule has 0 N–H and O–H groups in total.